The van der Waals surface area contributed by atoms with Gasteiger partial charge in [0.15, 0.2) is 0 Å². The number of nitrogens with zero attached hydrogens (tertiary/aromatic N) is 2. The van der Waals surface area contributed by atoms with Gasteiger partial charge >= 0.3 is 6.03 Å². The molecule has 1 saturated carbocycles. The number of aromatic nitrogens is 1. The van der Waals surface area contributed by atoms with E-state index in [0.717, 1.165) is 49.7 Å². The first-order chi connectivity index (χ1) is 12.0. The fourth-order valence-corrected chi connectivity index (χ4v) is 3.38. The molecule has 2 aliphatic rings. The van der Waals surface area contributed by atoms with Crippen molar-refractivity contribution >= 4 is 6.03 Å². The molecule has 1 aromatic heterocycles. The highest BCUT2D eigenvalue weighted by Crippen LogP contribution is 2.30. The van der Waals surface area contributed by atoms with Crippen LogP contribution in [0.3, 0.4) is 0 Å². The summed E-state index contributed by atoms with van der Waals surface area (Å²) in [4.78, 5) is 19.2. The van der Waals surface area contributed by atoms with Crippen LogP contribution >= 0.6 is 0 Å². The first kappa shape index (κ1) is 18.2. The predicted octanol–water partition coefficient (Wildman–Crippen LogP) is 3.69. The number of hydrogen-bond donors (Lipinski definition) is 1. The number of pyridine rings is 1. The number of piperidine rings is 1. The molecular weight excluding hydrogens is 314 g/mol. The molecule has 5 heteroatoms. The number of carbonyl (C=O) groups excluding carboxylic acids is 1. The van der Waals surface area contributed by atoms with Gasteiger partial charge in [-0.2, -0.15) is 0 Å². The quantitative estimate of drug-likeness (QED) is 0.855. The molecule has 3 rings (SSSR count). The number of nitrogens with one attached hydrogen (secondary N) is 1. The number of aryl methyl sites for hydroxylation is 1. The van der Waals surface area contributed by atoms with E-state index in [1.54, 1.807) is 6.20 Å². The van der Waals surface area contributed by atoms with Crippen molar-refractivity contribution < 1.29 is 9.53 Å². The van der Waals surface area contributed by atoms with E-state index in [1.807, 2.05) is 24.0 Å². The number of likely N-dealkylation sites (tertiary alicyclic amines) is 1. The van der Waals surface area contributed by atoms with Crippen molar-refractivity contribution in [3.05, 3.63) is 29.6 Å². The maximum Gasteiger partial charge on any atom is 0.317 e. The molecule has 25 heavy (non-hydrogen) atoms. The summed E-state index contributed by atoms with van der Waals surface area (Å²) in [5, 5.41) is 3.20. The van der Waals surface area contributed by atoms with Crippen molar-refractivity contribution in [1.82, 2.24) is 15.2 Å². The van der Waals surface area contributed by atoms with E-state index in [1.165, 1.54) is 12.8 Å². The molecule has 1 aliphatic heterocycles. The highest BCUT2D eigenvalue weighted by Gasteiger charge is 2.29. The number of ether oxygens (including phenoxy) is 1. The van der Waals surface area contributed by atoms with Crippen LogP contribution in [-0.4, -0.2) is 41.7 Å². The van der Waals surface area contributed by atoms with Crippen LogP contribution < -0.4 is 5.32 Å². The van der Waals surface area contributed by atoms with Gasteiger partial charge in [-0.15, -0.1) is 0 Å². The Balaban J connectivity index is 1.52. The van der Waals surface area contributed by atoms with Crippen molar-refractivity contribution in [2.75, 3.05) is 19.7 Å². The third-order valence-electron chi connectivity index (χ3n) is 5.28. The summed E-state index contributed by atoms with van der Waals surface area (Å²) in [7, 11) is 0. The van der Waals surface area contributed by atoms with Crippen molar-refractivity contribution in [2.24, 2.45) is 11.8 Å². The summed E-state index contributed by atoms with van der Waals surface area (Å²) in [6.45, 7) is 8.74. The van der Waals surface area contributed by atoms with Gasteiger partial charge in [0.1, 0.15) is 0 Å². The Morgan fingerprint density at radius 2 is 2.04 bits per heavy atom. The molecule has 1 N–H and O–H groups in total. The standard InChI is InChI=1S/C20H31N3O2/c1-14(2)18(19-15(3)5-4-10-21-19)22-20(24)23-11-8-17(9-12-23)25-13-16-6-7-16/h4-5,10,14,16-18H,6-9,11-13H2,1-3H3,(H,22,24)/t18-/m0/s1. The fraction of sp³-hybridized carbons (Fsp3) is 0.700. The van der Waals surface area contributed by atoms with Crippen molar-refractivity contribution in [1.29, 1.82) is 0 Å². The molecule has 1 aromatic rings. The van der Waals surface area contributed by atoms with Gasteiger partial charge in [0.2, 0.25) is 0 Å². The van der Waals surface area contributed by atoms with Crippen molar-refractivity contribution in [3.63, 3.8) is 0 Å². The Morgan fingerprint density at radius 3 is 2.64 bits per heavy atom. The van der Waals surface area contributed by atoms with Gasteiger partial charge in [0.25, 0.3) is 0 Å². The minimum atomic E-state index is -0.0578. The molecule has 5 nitrogen and oxygen atoms in total. The van der Waals surface area contributed by atoms with E-state index in [2.05, 4.69) is 24.1 Å². The smallest absolute Gasteiger partial charge is 0.317 e. The molecule has 0 bridgehead atoms. The second-order valence-electron chi connectivity index (χ2n) is 7.84. The van der Waals surface area contributed by atoms with Crippen LogP contribution in [0.4, 0.5) is 4.79 Å². The summed E-state index contributed by atoms with van der Waals surface area (Å²) in [5.74, 6) is 1.09. The second-order valence-corrected chi connectivity index (χ2v) is 7.84. The second kappa shape index (κ2) is 8.17. The van der Waals surface area contributed by atoms with Crippen LogP contribution in [0.25, 0.3) is 0 Å². The molecule has 0 unspecified atom stereocenters. The Labute approximate surface area is 151 Å². The highest BCUT2D eigenvalue weighted by atomic mass is 16.5. The first-order valence-electron chi connectivity index (χ1n) is 9.63. The minimum Gasteiger partial charge on any atom is -0.378 e. The molecule has 1 aliphatic carbocycles. The van der Waals surface area contributed by atoms with E-state index in [0.29, 0.717) is 6.10 Å². The summed E-state index contributed by atoms with van der Waals surface area (Å²) in [6, 6.07) is 3.94. The van der Waals surface area contributed by atoms with E-state index < -0.39 is 0 Å². The summed E-state index contributed by atoms with van der Waals surface area (Å²) in [6.07, 6.45) is 6.65. The van der Waals surface area contributed by atoms with Gasteiger partial charge in [0.05, 0.1) is 17.8 Å². The zero-order valence-corrected chi connectivity index (χ0v) is 15.7. The topological polar surface area (TPSA) is 54.5 Å². The highest BCUT2D eigenvalue weighted by molar-refractivity contribution is 5.74. The van der Waals surface area contributed by atoms with Crippen molar-refractivity contribution in [3.8, 4) is 0 Å². The Morgan fingerprint density at radius 1 is 1.32 bits per heavy atom. The molecule has 1 atom stereocenters. The maximum absolute atomic E-state index is 12.7. The molecule has 2 amide bonds. The Hall–Kier alpha value is -1.62. The summed E-state index contributed by atoms with van der Waals surface area (Å²) >= 11 is 0. The average molecular weight is 345 g/mol. The molecule has 2 heterocycles. The van der Waals surface area contributed by atoms with Crippen molar-refractivity contribution in [2.45, 2.75) is 58.6 Å². The van der Waals surface area contributed by atoms with Gasteiger partial charge in [-0.25, -0.2) is 4.79 Å². The number of amides is 2. The van der Waals surface area contributed by atoms with Gasteiger partial charge in [-0.3, -0.25) is 4.98 Å². The predicted molar refractivity (Wildman–Crippen MR) is 98.4 cm³/mol. The van der Waals surface area contributed by atoms with Crippen LogP contribution in [0.2, 0.25) is 0 Å². The third kappa shape index (κ3) is 4.94. The molecule has 0 radical (unpaired) electrons. The lowest BCUT2D eigenvalue weighted by Crippen LogP contribution is -2.47. The number of carbonyl (C=O) groups is 1. The molecule has 138 valence electrons. The van der Waals surface area contributed by atoms with E-state index in [-0.39, 0.29) is 18.0 Å². The largest absolute Gasteiger partial charge is 0.378 e. The number of urea groups is 1. The van der Waals surface area contributed by atoms with Gasteiger partial charge in [-0.1, -0.05) is 19.9 Å². The normalized spacial score (nSPS) is 19.9. The monoisotopic (exact) mass is 345 g/mol. The lowest BCUT2D eigenvalue weighted by atomic mass is 9.97. The minimum absolute atomic E-state index is 0.0180. The molecule has 0 aromatic carbocycles. The maximum atomic E-state index is 12.7. The third-order valence-corrected chi connectivity index (χ3v) is 5.28. The van der Waals surface area contributed by atoms with Gasteiger partial charge in [-0.05, 0) is 56.1 Å². The molecule has 0 spiro atoms. The Kier molecular flexibility index (Phi) is 5.94. The summed E-state index contributed by atoms with van der Waals surface area (Å²) in [5.41, 5.74) is 2.09. The average Bonchev–Trinajstić information content (AvgIpc) is 3.43. The van der Waals surface area contributed by atoms with Gasteiger partial charge < -0.3 is 15.0 Å². The molecule has 1 saturated heterocycles. The molecule has 2 fully saturated rings. The van der Waals surface area contributed by atoms with Crippen LogP contribution in [0.1, 0.15) is 56.8 Å². The molecular formula is C20H31N3O2. The first-order valence-corrected chi connectivity index (χ1v) is 9.63. The lowest BCUT2D eigenvalue weighted by molar-refractivity contribution is 0.00916. The van der Waals surface area contributed by atoms with E-state index >= 15 is 0 Å². The number of rotatable bonds is 6. The zero-order valence-electron chi connectivity index (χ0n) is 15.7. The summed E-state index contributed by atoms with van der Waals surface area (Å²) < 4.78 is 5.97. The Bertz CT molecular complexity index is 578. The van der Waals surface area contributed by atoms with Crippen LogP contribution in [0.5, 0.6) is 0 Å². The van der Waals surface area contributed by atoms with E-state index in [9.17, 15) is 4.79 Å². The fourth-order valence-electron chi connectivity index (χ4n) is 3.38. The lowest BCUT2D eigenvalue weighted by Gasteiger charge is -2.34. The SMILES string of the molecule is Cc1cccnc1[C@@H](NC(=O)N1CCC(OCC2CC2)CC1)C(C)C. The van der Waals surface area contributed by atoms with Gasteiger partial charge in [0, 0.05) is 25.9 Å². The van der Waals surface area contributed by atoms with E-state index in [4.69, 9.17) is 4.74 Å². The van der Waals surface area contributed by atoms with Crippen LogP contribution in [0.15, 0.2) is 18.3 Å². The number of hydrogen-bond acceptors (Lipinski definition) is 3. The zero-order chi connectivity index (χ0) is 17.8. The van der Waals surface area contributed by atoms with Crippen LogP contribution in [0, 0.1) is 18.8 Å². The van der Waals surface area contributed by atoms with Crippen LogP contribution in [-0.2, 0) is 4.74 Å².